The fourth-order valence-electron chi connectivity index (χ4n) is 1.85. The van der Waals surface area contributed by atoms with Gasteiger partial charge >= 0.3 is 11.9 Å². The van der Waals surface area contributed by atoms with Crippen molar-refractivity contribution in [2.45, 2.75) is 52.0 Å². The zero-order chi connectivity index (χ0) is 16.5. The van der Waals surface area contributed by atoms with Gasteiger partial charge in [-0.25, -0.2) is 0 Å². The Morgan fingerprint density at radius 2 is 1.48 bits per heavy atom. The molecule has 0 bridgehead atoms. The summed E-state index contributed by atoms with van der Waals surface area (Å²) in [7, 11) is 0. The molecular formula is C16H25NO4. The normalized spacial score (nSPS) is 10.5. The van der Waals surface area contributed by atoms with Crippen LogP contribution < -0.4 is 5.73 Å². The summed E-state index contributed by atoms with van der Waals surface area (Å²) >= 11 is 0. The SMILES string of the molecule is Cc1ccccc1C(C)(C)N.O=C(O)CCCCC(=O)O. The maximum Gasteiger partial charge on any atom is 0.303 e. The number of hydrogen-bond acceptors (Lipinski definition) is 3. The molecule has 118 valence electrons. The molecule has 0 radical (unpaired) electrons. The minimum Gasteiger partial charge on any atom is -0.481 e. The lowest BCUT2D eigenvalue weighted by atomic mass is 9.92. The van der Waals surface area contributed by atoms with E-state index in [1.54, 1.807) is 0 Å². The van der Waals surface area contributed by atoms with Crippen molar-refractivity contribution in [2.24, 2.45) is 5.73 Å². The Hall–Kier alpha value is -1.88. The van der Waals surface area contributed by atoms with Crippen molar-refractivity contribution < 1.29 is 19.8 Å². The van der Waals surface area contributed by atoms with Crippen LogP contribution in [0.3, 0.4) is 0 Å². The molecule has 5 nitrogen and oxygen atoms in total. The molecule has 0 aliphatic heterocycles. The summed E-state index contributed by atoms with van der Waals surface area (Å²) in [5, 5.41) is 16.3. The Morgan fingerprint density at radius 3 is 1.76 bits per heavy atom. The summed E-state index contributed by atoms with van der Waals surface area (Å²) in [5.41, 5.74) is 8.23. The van der Waals surface area contributed by atoms with Gasteiger partial charge < -0.3 is 15.9 Å². The zero-order valence-corrected chi connectivity index (χ0v) is 12.9. The molecule has 0 aliphatic carbocycles. The van der Waals surface area contributed by atoms with E-state index in [-0.39, 0.29) is 18.4 Å². The van der Waals surface area contributed by atoms with Crippen molar-refractivity contribution in [3.8, 4) is 0 Å². The number of nitrogens with two attached hydrogens (primary N) is 1. The number of benzene rings is 1. The van der Waals surface area contributed by atoms with Gasteiger partial charge in [-0.3, -0.25) is 9.59 Å². The van der Waals surface area contributed by atoms with Crippen LogP contribution >= 0.6 is 0 Å². The number of aryl methyl sites for hydroxylation is 1. The molecule has 21 heavy (non-hydrogen) atoms. The van der Waals surface area contributed by atoms with Crippen LogP contribution in [-0.4, -0.2) is 22.2 Å². The fourth-order valence-corrected chi connectivity index (χ4v) is 1.85. The predicted octanol–water partition coefficient (Wildman–Crippen LogP) is 2.90. The Balaban J connectivity index is 0.000000384. The average Bonchev–Trinajstić information content (AvgIpc) is 2.34. The lowest BCUT2D eigenvalue weighted by Gasteiger charge is -2.21. The van der Waals surface area contributed by atoms with Crippen molar-refractivity contribution in [1.82, 2.24) is 0 Å². The molecule has 1 aromatic rings. The van der Waals surface area contributed by atoms with Crippen molar-refractivity contribution in [3.63, 3.8) is 0 Å². The first kappa shape index (κ1) is 19.1. The predicted molar refractivity (Wildman–Crippen MR) is 82.1 cm³/mol. The Kier molecular flexibility index (Phi) is 8.31. The summed E-state index contributed by atoms with van der Waals surface area (Å²) in [4.78, 5) is 19.8. The maximum atomic E-state index is 9.90. The molecule has 0 amide bonds. The molecule has 0 aliphatic rings. The van der Waals surface area contributed by atoms with Crippen molar-refractivity contribution >= 4 is 11.9 Å². The summed E-state index contributed by atoms with van der Waals surface area (Å²) in [6, 6.07) is 8.22. The quantitative estimate of drug-likeness (QED) is 0.700. The number of carboxylic acid groups (broad SMARTS) is 2. The van der Waals surface area contributed by atoms with Crippen LogP contribution in [0.1, 0.15) is 50.7 Å². The van der Waals surface area contributed by atoms with Gasteiger partial charge in [0.25, 0.3) is 0 Å². The highest BCUT2D eigenvalue weighted by molar-refractivity contribution is 5.67. The van der Waals surface area contributed by atoms with E-state index in [4.69, 9.17) is 15.9 Å². The van der Waals surface area contributed by atoms with E-state index < -0.39 is 11.9 Å². The van der Waals surface area contributed by atoms with Crippen molar-refractivity contribution in [2.75, 3.05) is 0 Å². The first-order chi connectivity index (χ1) is 9.64. The molecule has 0 atom stereocenters. The highest BCUT2D eigenvalue weighted by Crippen LogP contribution is 2.19. The van der Waals surface area contributed by atoms with E-state index in [9.17, 15) is 9.59 Å². The number of unbranched alkanes of at least 4 members (excludes halogenated alkanes) is 1. The number of hydrogen-bond donors (Lipinski definition) is 3. The minimum atomic E-state index is -0.870. The van der Waals surface area contributed by atoms with E-state index in [0.717, 1.165) is 0 Å². The second kappa shape index (κ2) is 9.13. The van der Waals surface area contributed by atoms with Gasteiger partial charge in [0.1, 0.15) is 0 Å². The van der Waals surface area contributed by atoms with Crippen LogP contribution in [0.4, 0.5) is 0 Å². The molecule has 0 saturated heterocycles. The van der Waals surface area contributed by atoms with Gasteiger partial charge in [-0.2, -0.15) is 0 Å². The van der Waals surface area contributed by atoms with E-state index in [1.165, 1.54) is 11.1 Å². The molecule has 0 spiro atoms. The summed E-state index contributed by atoms with van der Waals surface area (Å²) in [5.74, 6) is -1.74. The van der Waals surface area contributed by atoms with E-state index >= 15 is 0 Å². The van der Waals surface area contributed by atoms with E-state index in [1.807, 2.05) is 26.0 Å². The van der Waals surface area contributed by atoms with Crippen LogP contribution in [0.15, 0.2) is 24.3 Å². The monoisotopic (exact) mass is 295 g/mol. The lowest BCUT2D eigenvalue weighted by molar-refractivity contribution is -0.139. The van der Waals surface area contributed by atoms with Gasteiger partial charge in [0.15, 0.2) is 0 Å². The Bertz CT molecular complexity index is 448. The van der Waals surface area contributed by atoms with Crippen LogP contribution in [0.5, 0.6) is 0 Å². The number of aliphatic carboxylic acids is 2. The third-order valence-electron chi connectivity index (χ3n) is 2.87. The highest BCUT2D eigenvalue weighted by Gasteiger charge is 2.14. The maximum absolute atomic E-state index is 9.90. The molecule has 1 aromatic carbocycles. The number of carbonyl (C=O) groups is 2. The third-order valence-corrected chi connectivity index (χ3v) is 2.87. The Labute approximate surface area is 125 Å². The van der Waals surface area contributed by atoms with E-state index in [2.05, 4.69) is 19.1 Å². The second-order valence-corrected chi connectivity index (χ2v) is 5.53. The summed E-state index contributed by atoms with van der Waals surface area (Å²) < 4.78 is 0. The first-order valence-corrected chi connectivity index (χ1v) is 6.93. The second-order valence-electron chi connectivity index (χ2n) is 5.53. The standard InChI is InChI=1S/C10H15N.C6H10O4/c1-8-6-4-5-7-9(8)10(2,3)11;7-5(8)3-1-2-4-6(9)10/h4-7H,11H2,1-3H3;1-4H2,(H,7,8)(H,9,10). The van der Waals surface area contributed by atoms with Crippen LogP contribution in [0.25, 0.3) is 0 Å². The fraction of sp³-hybridized carbons (Fsp3) is 0.500. The summed E-state index contributed by atoms with van der Waals surface area (Å²) in [6.07, 6.45) is 1.02. The van der Waals surface area contributed by atoms with Gasteiger partial charge in [-0.15, -0.1) is 0 Å². The third kappa shape index (κ3) is 9.62. The van der Waals surface area contributed by atoms with Gasteiger partial charge in [0.2, 0.25) is 0 Å². The molecular weight excluding hydrogens is 270 g/mol. The Morgan fingerprint density at radius 1 is 1.05 bits per heavy atom. The lowest BCUT2D eigenvalue weighted by Crippen LogP contribution is -2.29. The molecule has 0 saturated carbocycles. The van der Waals surface area contributed by atoms with Crippen LogP contribution in [0, 0.1) is 6.92 Å². The number of rotatable bonds is 6. The highest BCUT2D eigenvalue weighted by atomic mass is 16.4. The van der Waals surface area contributed by atoms with Gasteiger partial charge in [0, 0.05) is 18.4 Å². The topological polar surface area (TPSA) is 101 Å². The zero-order valence-electron chi connectivity index (χ0n) is 12.9. The minimum absolute atomic E-state index is 0.0628. The molecule has 0 heterocycles. The number of carboxylic acids is 2. The van der Waals surface area contributed by atoms with Crippen molar-refractivity contribution in [3.05, 3.63) is 35.4 Å². The molecule has 0 unspecified atom stereocenters. The molecule has 0 aromatic heterocycles. The van der Waals surface area contributed by atoms with E-state index in [0.29, 0.717) is 12.8 Å². The smallest absolute Gasteiger partial charge is 0.303 e. The molecule has 1 rings (SSSR count). The largest absolute Gasteiger partial charge is 0.481 e. The average molecular weight is 295 g/mol. The molecule has 4 N–H and O–H groups in total. The van der Waals surface area contributed by atoms with Crippen LogP contribution in [0.2, 0.25) is 0 Å². The molecule has 0 fully saturated rings. The molecule has 5 heteroatoms. The van der Waals surface area contributed by atoms with Crippen LogP contribution in [-0.2, 0) is 15.1 Å². The van der Waals surface area contributed by atoms with Gasteiger partial charge in [0.05, 0.1) is 0 Å². The van der Waals surface area contributed by atoms with Gasteiger partial charge in [-0.1, -0.05) is 24.3 Å². The van der Waals surface area contributed by atoms with Gasteiger partial charge in [-0.05, 0) is 44.7 Å². The first-order valence-electron chi connectivity index (χ1n) is 6.93. The van der Waals surface area contributed by atoms with Crippen molar-refractivity contribution in [1.29, 1.82) is 0 Å². The summed E-state index contributed by atoms with van der Waals surface area (Å²) in [6.45, 7) is 6.13.